The molecule has 0 atom stereocenters. The summed E-state index contributed by atoms with van der Waals surface area (Å²) >= 11 is 11.8. The molecule has 1 amide bonds. The average molecular weight is 515 g/mol. The Balaban J connectivity index is 1.44. The molecule has 9 heteroatoms. The van der Waals surface area contributed by atoms with Crippen molar-refractivity contribution in [1.82, 2.24) is 5.43 Å². The van der Waals surface area contributed by atoms with Crippen molar-refractivity contribution in [2.24, 2.45) is 5.10 Å². The van der Waals surface area contributed by atoms with Crippen LogP contribution in [0.2, 0.25) is 10.0 Å². The van der Waals surface area contributed by atoms with Crippen LogP contribution in [0.15, 0.2) is 71.8 Å². The number of hydrogen-bond donors (Lipinski definition) is 1. The lowest BCUT2D eigenvalue weighted by Gasteiger charge is -2.07. The Hall–Kier alpha value is -3.55. The number of rotatable bonds is 11. The lowest BCUT2D eigenvalue weighted by atomic mass is 10.2. The summed E-state index contributed by atoms with van der Waals surface area (Å²) in [4.78, 5) is 24.3. The first-order valence-electron chi connectivity index (χ1n) is 10.9. The molecule has 0 radical (unpaired) electrons. The summed E-state index contributed by atoms with van der Waals surface area (Å²) in [7, 11) is 0. The molecule has 1 N–H and O–H groups in total. The van der Waals surface area contributed by atoms with Gasteiger partial charge in [0.1, 0.15) is 17.2 Å². The molecular weight excluding hydrogens is 491 g/mol. The van der Waals surface area contributed by atoms with Crippen molar-refractivity contribution in [2.75, 3.05) is 13.2 Å². The van der Waals surface area contributed by atoms with Gasteiger partial charge in [-0.1, -0.05) is 36.5 Å². The van der Waals surface area contributed by atoms with Gasteiger partial charge >= 0.3 is 5.97 Å². The molecule has 7 nitrogen and oxygen atoms in total. The molecule has 0 spiro atoms. The van der Waals surface area contributed by atoms with E-state index in [9.17, 15) is 9.59 Å². The highest BCUT2D eigenvalue weighted by Crippen LogP contribution is 2.27. The molecule has 182 valence electrons. The number of ether oxygens (including phenoxy) is 3. The summed E-state index contributed by atoms with van der Waals surface area (Å²) < 4.78 is 16.3. The van der Waals surface area contributed by atoms with Crippen LogP contribution in [0, 0.1) is 0 Å². The average Bonchev–Trinajstić information content (AvgIpc) is 2.85. The van der Waals surface area contributed by atoms with Gasteiger partial charge in [0.2, 0.25) is 0 Å². The predicted molar refractivity (Wildman–Crippen MR) is 136 cm³/mol. The van der Waals surface area contributed by atoms with Crippen LogP contribution in [-0.2, 0) is 4.79 Å². The summed E-state index contributed by atoms with van der Waals surface area (Å²) in [6, 6.07) is 18.2. The van der Waals surface area contributed by atoms with Crippen molar-refractivity contribution in [3.63, 3.8) is 0 Å². The molecule has 3 rings (SSSR count). The molecular formula is C26H24Cl2N2O5. The van der Waals surface area contributed by atoms with Crippen molar-refractivity contribution in [3.8, 4) is 17.2 Å². The highest BCUT2D eigenvalue weighted by atomic mass is 35.5. The molecule has 3 aromatic rings. The van der Waals surface area contributed by atoms with Gasteiger partial charge in [0.05, 0.1) is 23.4 Å². The topological polar surface area (TPSA) is 86.2 Å². The third kappa shape index (κ3) is 8.63. The molecule has 0 bridgehead atoms. The fraction of sp³-hybridized carbons (Fsp3) is 0.192. The summed E-state index contributed by atoms with van der Waals surface area (Å²) in [5, 5.41) is 4.66. The number of carbonyl (C=O) groups excluding carboxylic acids is 2. The number of esters is 1. The van der Waals surface area contributed by atoms with Crippen molar-refractivity contribution in [2.45, 2.75) is 19.8 Å². The lowest BCUT2D eigenvalue weighted by molar-refractivity contribution is -0.123. The number of amides is 1. The fourth-order valence-corrected chi connectivity index (χ4v) is 3.22. The van der Waals surface area contributed by atoms with Gasteiger partial charge in [-0.25, -0.2) is 10.2 Å². The summed E-state index contributed by atoms with van der Waals surface area (Å²) in [5.41, 5.74) is 3.48. The third-order valence-electron chi connectivity index (χ3n) is 4.60. The minimum absolute atomic E-state index is 0.264. The van der Waals surface area contributed by atoms with Crippen molar-refractivity contribution < 1.29 is 23.8 Å². The number of nitrogens with one attached hydrogen (secondary N) is 1. The Kier molecular flexibility index (Phi) is 9.95. The summed E-state index contributed by atoms with van der Waals surface area (Å²) in [6.07, 6.45) is 3.49. The van der Waals surface area contributed by atoms with Gasteiger partial charge in [0, 0.05) is 5.02 Å². The molecule has 3 aromatic carbocycles. The Labute approximate surface area is 213 Å². The molecule has 0 saturated carbocycles. The fourth-order valence-electron chi connectivity index (χ4n) is 2.76. The van der Waals surface area contributed by atoms with Gasteiger partial charge in [-0.2, -0.15) is 5.10 Å². The SMILES string of the molecule is CCCCOc1ccc(C(=O)Oc2ccc(/C=N/NC(=O)COc3ccc(Cl)cc3Cl)cc2)cc1. The first-order chi connectivity index (χ1) is 16.9. The van der Waals surface area contributed by atoms with E-state index >= 15 is 0 Å². The number of nitrogens with zero attached hydrogens (tertiary/aromatic N) is 1. The number of benzene rings is 3. The van der Waals surface area contributed by atoms with E-state index in [1.165, 1.54) is 12.3 Å². The lowest BCUT2D eigenvalue weighted by Crippen LogP contribution is -2.24. The predicted octanol–water partition coefficient (Wildman–Crippen LogP) is 5.92. The highest BCUT2D eigenvalue weighted by Gasteiger charge is 2.09. The number of hydrogen-bond acceptors (Lipinski definition) is 6. The normalized spacial score (nSPS) is 10.7. The molecule has 0 aromatic heterocycles. The Morgan fingerprint density at radius 2 is 1.66 bits per heavy atom. The first-order valence-corrected chi connectivity index (χ1v) is 11.6. The third-order valence-corrected chi connectivity index (χ3v) is 5.13. The second-order valence-corrected chi connectivity index (χ2v) is 8.19. The van der Waals surface area contributed by atoms with Crippen molar-refractivity contribution >= 4 is 41.3 Å². The molecule has 0 unspecified atom stereocenters. The molecule has 0 aliphatic rings. The minimum atomic E-state index is -0.473. The van der Waals surface area contributed by atoms with E-state index < -0.39 is 11.9 Å². The standard InChI is InChI=1S/C26H24Cl2N2O5/c1-2-3-14-33-21-11-6-19(7-12-21)26(32)35-22-9-4-18(5-10-22)16-29-30-25(31)17-34-24-13-8-20(27)15-23(24)28/h4-13,15-16H,2-3,14,17H2,1H3,(H,30,31)/b29-16+. The smallest absolute Gasteiger partial charge is 0.343 e. The zero-order valence-corrected chi connectivity index (χ0v) is 20.5. The zero-order valence-electron chi connectivity index (χ0n) is 19.0. The van der Waals surface area contributed by atoms with Gasteiger partial charge in [-0.15, -0.1) is 0 Å². The number of carbonyl (C=O) groups is 2. The maximum absolute atomic E-state index is 12.4. The van der Waals surface area contributed by atoms with E-state index in [1.807, 2.05) is 0 Å². The van der Waals surface area contributed by atoms with E-state index in [1.54, 1.807) is 60.7 Å². The van der Waals surface area contributed by atoms with Gasteiger partial charge < -0.3 is 14.2 Å². The van der Waals surface area contributed by atoms with E-state index in [4.69, 9.17) is 37.4 Å². The summed E-state index contributed by atoms with van der Waals surface area (Å²) in [5.74, 6) is 0.509. The van der Waals surface area contributed by atoms with E-state index in [-0.39, 0.29) is 6.61 Å². The van der Waals surface area contributed by atoms with Crippen LogP contribution < -0.4 is 19.6 Å². The minimum Gasteiger partial charge on any atom is -0.494 e. The van der Waals surface area contributed by atoms with Crippen LogP contribution >= 0.6 is 23.2 Å². The van der Waals surface area contributed by atoms with Crippen LogP contribution in [0.4, 0.5) is 0 Å². The van der Waals surface area contributed by atoms with Crippen LogP contribution in [0.1, 0.15) is 35.7 Å². The first kappa shape index (κ1) is 26.1. The molecule has 0 aliphatic heterocycles. The molecule has 0 fully saturated rings. The Morgan fingerprint density at radius 3 is 2.34 bits per heavy atom. The van der Waals surface area contributed by atoms with E-state index in [0.29, 0.717) is 45.0 Å². The number of halogens is 2. The van der Waals surface area contributed by atoms with Crippen molar-refractivity contribution in [3.05, 3.63) is 87.9 Å². The zero-order chi connectivity index (χ0) is 25.0. The monoisotopic (exact) mass is 514 g/mol. The second kappa shape index (κ2) is 13.4. The van der Waals surface area contributed by atoms with Gasteiger partial charge in [0.15, 0.2) is 6.61 Å². The van der Waals surface area contributed by atoms with Crippen LogP contribution in [0.5, 0.6) is 17.2 Å². The van der Waals surface area contributed by atoms with Crippen LogP contribution in [0.3, 0.4) is 0 Å². The number of unbranched alkanes of at least 4 members (excludes halogenated alkanes) is 1. The van der Waals surface area contributed by atoms with Gasteiger partial charge in [-0.3, -0.25) is 4.79 Å². The maximum Gasteiger partial charge on any atom is 0.343 e. The van der Waals surface area contributed by atoms with Gasteiger partial charge in [0.25, 0.3) is 5.91 Å². The largest absolute Gasteiger partial charge is 0.494 e. The van der Waals surface area contributed by atoms with Crippen LogP contribution in [0.25, 0.3) is 0 Å². The van der Waals surface area contributed by atoms with Crippen LogP contribution in [-0.4, -0.2) is 31.3 Å². The summed E-state index contributed by atoms with van der Waals surface area (Å²) in [6.45, 7) is 2.47. The maximum atomic E-state index is 12.4. The van der Waals surface area contributed by atoms with Gasteiger partial charge in [-0.05, 0) is 78.7 Å². The molecule has 0 saturated heterocycles. The van der Waals surface area contributed by atoms with Crippen molar-refractivity contribution in [1.29, 1.82) is 0 Å². The second-order valence-electron chi connectivity index (χ2n) is 7.34. The van der Waals surface area contributed by atoms with E-state index in [0.717, 1.165) is 12.8 Å². The van der Waals surface area contributed by atoms with E-state index in [2.05, 4.69) is 17.5 Å². The Bertz CT molecular complexity index is 1170. The molecule has 0 aliphatic carbocycles. The molecule has 0 heterocycles. The highest BCUT2D eigenvalue weighted by molar-refractivity contribution is 6.35. The molecule has 35 heavy (non-hydrogen) atoms. The number of hydrazone groups is 1. The quantitative estimate of drug-likeness (QED) is 0.113. The Morgan fingerprint density at radius 1 is 0.943 bits per heavy atom.